The van der Waals surface area contributed by atoms with Crippen molar-refractivity contribution in [3.05, 3.63) is 109 Å². The molecule has 0 N–H and O–H groups in total. The highest BCUT2D eigenvalue weighted by Gasteiger charge is 2.51. The van der Waals surface area contributed by atoms with E-state index in [1.165, 1.54) is 6.92 Å². The number of carbonyl (C=O) groups is 2. The zero-order valence-corrected chi connectivity index (χ0v) is 24.1. The molecule has 0 bridgehead atoms. The minimum atomic E-state index is -2.75. The minimum Gasteiger partial charge on any atom is -0.455 e. The lowest BCUT2D eigenvalue weighted by atomic mass is 9.95. The molecule has 1 aliphatic rings. The van der Waals surface area contributed by atoms with E-state index in [0.717, 1.165) is 10.4 Å². The van der Waals surface area contributed by atoms with Crippen LogP contribution in [0.2, 0.25) is 5.04 Å². The molecule has 0 aliphatic carbocycles. The molecule has 202 valence electrons. The Morgan fingerprint density at radius 1 is 0.949 bits per heavy atom. The standard InChI is InChI=1S/C32H35NO5Si/c1-24(34)37-28(32(5)30(35)38-29(33-32)25-16-9-6-10-17-25)22-15-23-36-39(31(2,3)4,26-18-11-7-12-19-26)27-20-13-8-14-21-27/h6-22,28H,23H2,1-5H3/t28?,32-/m0/s1. The first-order valence-corrected chi connectivity index (χ1v) is 15.0. The van der Waals surface area contributed by atoms with E-state index in [1.807, 2.05) is 72.8 Å². The molecule has 3 aromatic rings. The molecule has 3 aromatic carbocycles. The van der Waals surface area contributed by atoms with E-state index >= 15 is 0 Å². The Kier molecular flexibility index (Phi) is 8.33. The van der Waals surface area contributed by atoms with Gasteiger partial charge in [-0.25, -0.2) is 9.79 Å². The highest BCUT2D eigenvalue weighted by atomic mass is 28.4. The molecule has 0 aromatic heterocycles. The summed E-state index contributed by atoms with van der Waals surface area (Å²) in [7, 11) is -2.75. The molecule has 6 nitrogen and oxygen atoms in total. The van der Waals surface area contributed by atoms with Crippen molar-refractivity contribution in [3.63, 3.8) is 0 Å². The monoisotopic (exact) mass is 541 g/mol. The Morgan fingerprint density at radius 3 is 1.95 bits per heavy atom. The largest absolute Gasteiger partial charge is 0.455 e. The number of rotatable bonds is 9. The first-order valence-electron chi connectivity index (χ1n) is 13.0. The van der Waals surface area contributed by atoms with Crippen LogP contribution in [-0.2, 0) is 23.5 Å². The van der Waals surface area contributed by atoms with Crippen LogP contribution >= 0.6 is 0 Å². The summed E-state index contributed by atoms with van der Waals surface area (Å²) in [6.45, 7) is 9.81. The summed E-state index contributed by atoms with van der Waals surface area (Å²) in [4.78, 5) is 29.6. The lowest BCUT2D eigenvalue weighted by Crippen LogP contribution is -2.66. The van der Waals surface area contributed by atoms with Crippen molar-refractivity contribution in [2.45, 2.75) is 51.3 Å². The van der Waals surface area contributed by atoms with Gasteiger partial charge in [-0.3, -0.25) is 4.79 Å². The van der Waals surface area contributed by atoms with E-state index in [0.29, 0.717) is 5.56 Å². The number of hydrogen-bond acceptors (Lipinski definition) is 6. The Bertz CT molecular complexity index is 1310. The predicted molar refractivity (Wildman–Crippen MR) is 156 cm³/mol. The topological polar surface area (TPSA) is 74.2 Å². The predicted octanol–water partition coefficient (Wildman–Crippen LogP) is 4.81. The van der Waals surface area contributed by atoms with Gasteiger partial charge in [0.05, 0.1) is 6.61 Å². The van der Waals surface area contributed by atoms with Crippen LogP contribution in [0.3, 0.4) is 0 Å². The third kappa shape index (κ3) is 5.79. The summed E-state index contributed by atoms with van der Waals surface area (Å²) < 4.78 is 18.0. The average Bonchev–Trinajstić information content (AvgIpc) is 3.23. The lowest BCUT2D eigenvalue weighted by Gasteiger charge is -2.42. The van der Waals surface area contributed by atoms with Gasteiger partial charge in [-0.15, -0.1) is 0 Å². The van der Waals surface area contributed by atoms with Gasteiger partial charge in [0.15, 0.2) is 11.6 Å². The first-order chi connectivity index (χ1) is 18.6. The second kappa shape index (κ2) is 11.5. The quantitative estimate of drug-likeness (QED) is 0.221. The lowest BCUT2D eigenvalue weighted by molar-refractivity contribution is -0.152. The van der Waals surface area contributed by atoms with E-state index in [1.54, 1.807) is 13.0 Å². The van der Waals surface area contributed by atoms with Gasteiger partial charge in [0, 0.05) is 12.5 Å². The summed E-state index contributed by atoms with van der Waals surface area (Å²) in [6, 6.07) is 29.9. The summed E-state index contributed by atoms with van der Waals surface area (Å²) in [5.74, 6) is -0.891. The number of ether oxygens (including phenoxy) is 2. The van der Waals surface area contributed by atoms with Gasteiger partial charge in [0.2, 0.25) is 5.90 Å². The van der Waals surface area contributed by atoms with Crippen molar-refractivity contribution in [1.29, 1.82) is 0 Å². The molecule has 4 rings (SSSR count). The van der Waals surface area contributed by atoms with Crippen LogP contribution in [0.1, 0.15) is 40.2 Å². The number of benzene rings is 3. The normalized spacial score (nSPS) is 18.5. The van der Waals surface area contributed by atoms with E-state index in [2.05, 4.69) is 50.0 Å². The fourth-order valence-corrected chi connectivity index (χ4v) is 9.49. The maximum absolute atomic E-state index is 13.0. The van der Waals surface area contributed by atoms with Crippen LogP contribution in [0.4, 0.5) is 0 Å². The SMILES string of the molecule is CC(=O)OC(C=CCO[Si](c1ccccc1)(c1ccccc1)C(C)(C)C)[C@]1(C)N=C(c2ccccc2)OC1=O. The van der Waals surface area contributed by atoms with Crippen LogP contribution < -0.4 is 10.4 Å². The molecule has 2 atom stereocenters. The van der Waals surface area contributed by atoms with Gasteiger partial charge in [0.25, 0.3) is 8.32 Å². The molecule has 1 heterocycles. The number of nitrogens with zero attached hydrogens (tertiary/aromatic N) is 1. The minimum absolute atomic E-state index is 0.186. The van der Waals surface area contributed by atoms with Gasteiger partial charge >= 0.3 is 11.9 Å². The first kappa shape index (κ1) is 28.2. The third-order valence-electron chi connectivity index (χ3n) is 6.93. The fourth-order valence-electron chi connectivity index (χ4n) is 4.99. The Hall–Kier alpha value is -3.81. The van der Waals surface area contributed by atoms with Crippen molar-refractivity contribution < 1.29 is 23.5 Å². The second-order valence-electron chi connectivity index (χ2n) is 10.8. The van der Waals surface area contributed by atoms with Crippen molar-refractivity contribution in [2.24, 2.45) is 4.99 Å². The molecule has 0 spiro atoms. The van der Waals surface area contributed by atoms with E-state index in [-0.39, 0.29) is 17.5 Å². The van der Waals surface area contributed by atoms with Crippen molar-refractivity contribution in [3.8, 4) is 0 Å². The molecule has 0 radical (unpaired) electrons. The van der Waals surface area contributed by atoms with Crippen molar-refractivity contribution in [1.82, 2.24) is 0 Å². The van der Waals surface area contributed by atoms with Gasteiger partial charge < -0.3 is 13.9 Å². The number of esters is 2. The van der Waals surface area contributed by atoms with Crippen LogP contribution in [0, 0.1) is 0 Å². The molecular formula is C32H35NO5Si. The summed E-state index contributed by atoms with van der Waals surface area (Å²) in [6.07, 6.45) is 2.52. The number of cyclic esters (lactones) is 1. The van der Waals surface area contributed by atoms with Gasteiger partial charge in [0.1, 0.15) is 0 Å². The van der Waals surface area contributed by atoms with Gasteiger partial charge in [-0.2, -0.15) is 0 Å². The summed E-state index contributed by atoms with van der Waals surface area (Å²) in [5, 5.41) is 2.14. The average molecular weight is 542 g/mol. The molecule has 0 amide bonds. The molecule has 7 heteroatoms. The fraction of sp³-hybridized carbons (Fsp3) is 0.281. The highest BCUT2D eigenvalue weighted by Crippen LogP contribution is 2.37. The smallest absolute Gasteiger partial charge is 0.344 e. The third-order valence-corrected chi connectivity index (χ3v) is 11.9. The summed E-state index contributed by atoms with van der Waals surface area (Å²) >= 11 is 0. The van der Waals surface area contributed by atoms with Crippen LogP contribution in [-0.4, -0.2) is 44.4 Å². The number of aliphatic imine (C=N–C) groups is 1. The van der Waals surface area contributed by atoms with Gasteiger partial charge in [-0.05, 0) is 40.5 Å². The second-order valence-corrected chi connectivity index (χ2v) is 15.1. The summed E-state index contributed by atoms with van der Waals surface area (Å²) in [5.41, 5.74) is -0.750. The maximum atomic E-state index is 13.0. The molecule has 1 unspecified atom stereocenters. The van der Waals surface area contributed by atoms with Gasteiger partial charge in [-0.1, -0.05) is 106 Å². The van der Waals surface area contributed by atoms with E-state index in [4.69, 9.17) is 13.9 Å². The zero-order valence-electron chi connectivity index (χ0n) is 23.1. The number of hydrogen-bond donors (Lipinski definition) is 0. The van der Waals surface area contributed by atoms with Crippen LogP contribution in [0.25, 0.3) is 0 Å². The van der Waals surface area contributed by atoms with Crippen LogP contribution in [0.15, 0.2) is 108 Å². The maximum Gasteiger partial charge on any atom is 0.344 e. The molecule has 39 heavy (non-hydrogen) atoms. The highest BCUT2D eigenvalue weighted by molar-refractivity contribution is 6.99. The zero-order chi connectivity index (χ0) is 28.1. The molecule has 0 fully saturated rings. The molecule has 1 aliphatic heterocycles. The molecule has 0 saturated carbocycles. The Labute approximate surface area is 231 Å². The van der Waals surface area contributed by atoms with Crippen molar-refractivity contribution in [2.75, 3.05) is 6.61 Å². The van der Waals surface area contributed by atoms with Crippen LogP contribution in [0.5, 0.6) is 0 Å². The van der Waals surface area contributed by atoms with E-state index < -0.39 is 31.9 Å². The Morgan fingerprint density at radius 2 is 1.46 bits per heavy atom. The van der Waals surface area contributed by atoms with Crippen molar-refractivity contribution >= 4 is 36.5 Å². The molecular weight excluding hydrogens is 506 g/mol. The molecule has 0 saturated heterocycles. The number of carbonyl (C=O) groups excluding carboxylic acids is 2. The Balaban J connectivity index is 1.65. The van der Waals surface area contributed by atoms with E-state index in [9.17, 15) is 9.59 Å².